The highest BCUT2D eigenvalue weighted by atomic mass is 31.0. The van der Waals surface area contributed by atoms with Crippen LogP contribution < -0.4 is 10.6 Å². The van der Waals surface area contributed by atoms with Crippen molar-refractivity contribution in [1.29, 1.82) is 5.26 Å². The minimum Gasteiger partial charge on any atom is -0.383 e. The van der Waals surface area contributed by atoms with Gasteiger partial charge in [-0.2, -0.15) is 10.4 Å². The molecule has 4 atom stereocenters. The Hall–Kier alpha value is -3.05. The van der Waals surface area contributed by atoms with Crippen LogP contribution in [0.1, 0.15) is 12.1 Å². The molecule has 3 unspecified atom stereocenters. The summed E-state index contributed by atoms with van der Waals surface area (Å²) in [6.45, 7) is 0. The van der Waals surface area contributed by atoms with E-state index in [4.69, 9.17) is 18.8 Å². The third-order valence-corrected chi connectivity index (χ3v) is 5.27. The number of aromatic nitrogens is 4. The Balaban J connectivity index is 1.75. The van der Waals surface area contributed by atoms with Crippen LogP contribution in [0, 0.1) is 23.2 Å². The number of carbonyl (C=O) groups excluding carboxylic acids is 1. The van der Waals surface area contributed by atoms with Gasteiger partial charge in [0.1, 0.15) is 24.8 Å². The largest absolute Gasteiger partial charge is 0.383 e. The smallest absolute Gasteiger partial charge is 0.232 e. The summed E-state index contributed by atoms with van der Waals surface area (Å²) in [6.07, 6.45) is 3.52. The molecule has 1 amide bonds. The summed E-state index contributed by atoms with van der Waals surface area (Å²) in [5, 5.41) is 14.4. The van der Waals surface area contributed by atoms with Crippen LogP contribution >= 0.6 is 9.24 Å². The van der Waals surface area contributed by atoms with Crippen LogP contribution in [0.15, 0.2) is 24.5 Å². The number of pyridine rings is 2. The molecule has 0 spiro atoms. The summed E-state index contributed by atoms with van der Waals surface area (Å²) in [6, 6.07) is 5.51. The van der Waals surface area contributed by atoms with Crippen LogP contribution in [0.4, 0.5) is 16.0 Å². The molecule has 11 heteroatoms. The molecule has 3 heterocycles. The van der Waals surface area contributed by atoms with Crippen molar-refractivity contribution in [3.05, 3.63) is 30.2 Å². The van der Waals surface area contributed by atoms with Gasteiger partial charge in [-0.1, -0.05) is 0 Å². The average Bonchev–Trinajstić information content (AvgIpc) is 3.29. The molecule has 144 valence electrons. The normalized spacial score (nSPS) is 20.1. The lowest BCUT2D eigenvalue weighted by atomic mass is 9.93. The number of amides is 1. The van der Waals surface area contributed by atoms with E-state index in [1.807, 2.05) is 9.24 Å². The lowest BCUT2D eigenvalue weighted by Gasteiger charge is -2.17. The van der Waals surface area contributed by atoms with E-state index in [0.29, 0.717) is 34.3 Å². The predicted octanol–water partition coefficient (Wildman–Crippen LogP) is 1.85. The molecule has 1 aliphatic carbocycles. The van der Waals surface area contributed by atoms with Crippen LogP contribution in [0.3, 0.4) is 0 Å². The quantitative estimate of drug-likeness (QED) is 0.503. The second-order valence-electron chi connectivity index (χ2n) is 7.06. The molecule has 29 heavy (non-hydrogen) atoms. The fraction of sp³-hybridized carbons (Fsp3) is 0.278. The van der Waals surface area contributed by atoms with Gasteiger partial charge in [-0.3, -0.25) is 14.8 Å². The molecule has 1 saturated carbocycles. The first-order valence-electron chi connectivity index (χ1n) is 8.75. The third kappa shape index (κ3) is 3.43. The maximum Gasteiger partial charge on any atom is 0.232 e. The number of carbonyl (C=O) groups is 1. The van der Waals surface area contributed by atoms with Gasteiger partial charge in [0, 0.05) is 24.2 Å². The molecule has 3 N–H and O–H groups in total. The van der Waals surface area contributed by atoms with Crippen molar-refractivity contribution in [2.75, 3.05) is 17.7 Å². The van der Waals surface area contributed by atoms with E-state index in [1.54, 1.807) is 19.2 Å². The van der Waals surface area contributed by atoms with E-state index >= 15 is 0 Å². The van der Waals surface area contributed by atoms with Gasteiger partial charge in [-0.15, -0.1) is 9.24 Å². The van der Waals surface area contributed by atoms with E-state index in [-0.39, 0.29) is 29.3 Å². The SMILES string of the molecule is [B]C(F)(P)c1[nH]ncc1-c1cc2cc(N(C)C(=O)[C@H]3CC3C#N)ncc2c(N)n1. The van der Waals surface area contributed by atoms with Gasteiger partial charge in [0.2, 0.25) is 5.91 Å². The molecule has 0 bridgehead atoms. The van der Waals surface area contributed by atoms with E-state index < -0.39 is 5.31 Å². The maximum absolute atomic E-state index is 14.2. The van der Waals surface area contributed by atoms with Crippen molar-refractivity contribution in [2.45, 2.75) is 11.7 Å². The molecule has 3 aromatic rings. The number of rotatable bonds is 4. The Morgan fingerprint density at radius 3 is 2.93 bits per heavy atom. The number of nitrogens with two attached hydrogens (primary N) is 1. The number of hydrogen-bond acceptors (Lipinski definition) is 6. The molecular weight excluding hydrogens is 391 g/mol. The second kappa shape index (κ2) is 6.78. The summed E-state index contributed by atoms with van der Waals surface area (Å²) < 4.78 is 14.2. The number of alkyl halides is 1. The zero-order chi connectivity index (χ0) is 20.9. The van der Waals surface area contributed by atoms with Crippen molar-refractivity contribution in [2.24, 2.45) is 11.8 Å². The van der Waals surface area contributed by atoms with Gasteiger partial charge < -0.3 is 5.73 Å². The molecule has 0 saturated heterocycles. The van der Waals surface area contributed by atoms with E-state index in [2.05, 4.69) is 26.2 Å². The number of anilines is 2. The Bertz CT molecular complexity index is 1170. The minimum absolute atomic E-state index is 0.0478. The lowest BCUT2D eigenvalue weighted by Crippen LogP contribution is -2.29. The molecular formula is C18H16BFN7OP. The molecule has 0 aromatic carbocycles. The fourth-order valence-electron chi connectivity index (χ4n) is 3.23. The van der Waals surface area contributed by atoms with Gasteiger partial charge in [0.25, 0.3) is 0 Å². The number of nitrogens with zero attached hydrogens (tertiary/aromatic N) is 5. The molecule has 0 aliphatic heterocycles. The van der Waals surface area contributed by atoms with Gasteiger partial charge in [0.15, 0.2) is 0 Å². The van der Waals surface area contributed by atoms with Crippen LogP contribution in [0.5, 0.6) is 0 Å². The van der Waals surface area contributed by atoms with Gasteiger partial charge in [-0.05, 0) is 23.9 Å². The number of fused-ring (bicyclic) bond motifs is 1. The van der Waals surface area contributed by atoms with Crippen LogP contribution in [-0.4, -0.2) is 41.0 Å². The summed E-state index contributed by atoms with van der Waals surface area (Å²) in [5.74, 6) is -0.0654. The first kappa shape index (κ1) is 19.3. The number of halogens is 1. The minimum atomic E-state index is -2.21. The number of nitrogens with one attached hydrogen (secondary N) is 1. The zero-order valence-electron chi connectivity index (χ0n) is 15.4. The van der Waals surface area contributed by atoms with Crippen LogP contribution in [0.2, 0.25) is 0 Å². The number of nitrogen functional groups attached to an aromatic ring is 1. The average molecular weight is 407 g/mol. The second-order valence-corrected chi connectivity index (χ2v) is 7.90. The number of nitriles is 1. The summed E-state index contributed by atoms with van der Waals surface area (Å²) in [4.78, 5) is 22.6. The van der Waals surface area contributed by atoms with Gasteiger partial charge >= 0.3 is 0 Å². The fourth-order valence-corrected chi connectivity index (χ4v) is 3.45. The molecule has 1 aliphatic rings. The van der Waals surface area contributed by atoms with E-state index in [9.17, 15) is 9.18 Å². The third-order valence-electron chi connectivity index (χ3n) is 4.98. The molecule has 1 fully saturated rings. The van der Waals surface area contributed by atoms with E-state index in [1.165, 1.54) is 17.3 Å². The Morgan fingerprint density at radius 1 is 1.52 bits per heavy atom. The molecule has 3 aromatic heterocycles. The highest BCUT2D eigenvalue weighted by molar-refractivity contribution is 7.21. The Labute approximate surface area is 169 Å². The highest BCUT2D eigenvalue weighted by Crippen LogP contribution is 2.40. The topological polar surface area (TPSA) is 125 Å². The molecule has 4 rings (SSSR count). The van der Waals surface area contributed by atoms with Crippen LogP contribution in [-0.2, 0) is 10.1 Å². The Morgan fingerprint density at radius 2 is 2.28 bits per heavy atom. The predicted molar refractivity (Wildman–Crippen MR) is 110 cm³/mol. The van der Waals surface area contributed by atoms with Crippen molar-refractivity contribution < 1.29 is 9.18 Å². The van der Waals surface area contributed by atoms with Crippen molar-refractivity contribution >= 4 is 45.4 Å². The number of hydrogen-bond donors (Lipinski definition) is 2. The van der Waals surface area contributed by atoms with E-state index in [0.717, 1.165) is 0 Å². The summed E-state index contributed by atoms with van der Waals surface area (Å²) >= 11 is 0. The molecule has 2 radical (unpaired) electrons. The number of aromatic amines is 1. The monoisotopic (exact) mass is 407 g/mol. The van der Waals surface area contributed by atoms with Crippen molar-refractivity contribution in [3.8, 4) is 17.3 Å². The molecule has 8 nitrogen and oxygen atoms in total. The Kier molecular flexibility index (Phi) is 4.51. The first-order chi connectivity index (χ1) is 13.7. The first-order valence-corrected chi connectivity index (χ1v) is 9.32. The maximum atomic E-state index is 14.2. The summed E-state index contributed by atoms with van der Waals surface area (Å²) in [7, 11) is 9.05. The standard InChI is InChI=1S/C18H16BFN7OP/c1-27(17(28)10-2-9(10)5-21)14-4-8-3-13(25-16(22)11(8)6-23-14)12-7-24-26-15(12)18(19,20)29/h3-4,6-7,9-10H,2,29H2,1H3,(H2,22,25)(H,24,26)/t9?,10-,18?/m0/s1. The number of H-pyrrole nitrogens is 1. The van der Waals surface area contributed by atoms with Crippen molar-refractivity contribution in [1.82, 2.24) is 20.2 Å². The van der Waals surface area contributed by atoms with Gasteiger partial charge in [-0.25, -0.2) is 14.4 Å². The highest BCUT2D eigenvalue weighted by Gasteiger charge is 2.45. The van der Waals surface area contributed by atoms with Crippen molar-refractivity contribution in [3.63, 3.8) is 0 Å². The van der Waals surface area contributed by atoms with Gasteiger partial charge in [0.05, 0.1) is 35.5 Å². The lowest BCUT2D eigenvalue weighted by molar-refractivity contribution is -0.119. The van der Waals surface area contributed by atoms with Crippen LogP contribution in [0.25, 0.3) is 22.0 Å². The zero-order valence-corrected chi connectivity index (χ0v) is 16.6. The summed E-state index contributed by atoms with van der Waals surface area (Å²) in [5.41, 5.74) is 6.87.